The van der Waals surface area contributed by atoms with E-state index in [9.17, 15) is 4.79 Å². The maximum Gasteiger partial charge on any atom is 0.238 e. The van der Waals surface area contributed by atoms with E-state index in [2.05, 4.69) is 12.2 Å². The van der Waals surface area contributed by atoms with Gasteiger partial charge in [0.1, 0.15) is 11.9 Å². The average molecular weight is 246 g/mol. The van der Waals surface area contributed by atoms with Gasteiger partial charge in [0.05, 0.1) is 13.7 Å². The van der Waals surface area contributed by atoms with Gasteiger partial charge in [-0.15, -0.1) is 0 Å². The number of hydrogen-bond acceptors (Lipinski definition) is 3. The first-order chi connectivity index (χ1) is 8.70. The fourth-order valence-corrected chi connectivity index (χ4v) is 2.67. The van der Waals surface area contributed by atoms with E-state index in [0.29, 0.717) is 18.5 Å². The van der Waals surface area contributed by atoms with Crippen LogP contribution in [0.4, 0.5) is 0 Å². The van der Waals surface area contributed by atoms with E-state index >= 15 is 0 Å². The normalized spacial score (nSPS) is 30.7. The van der Waals surface area contributed by atoms with Gasteiger partial charge in [-0.3, -0.25) is 10.1 Å². The highest BCUT2D eigenvalue weighted by Gasteiger charge is 2.46. The summed E-state index contributed by atoms with van der Waals surface area (Å²) < 4.78 is 5.24. The molecule has 1 aliphatic carbocycles. The van der Waals surface area contributed by atoms with Gasteiger partial charge in [-0.05, 0) is 30.0 Å². The molecule has 3 atom stereocenters. The molecule has 1 aromatic carbocycles. The summed E-state index contributed by atoms with van der Waals surface area (Å²) in [7, 11) is 1.66. The third kappa shape index (κ3) is 1.86. The van der Waals surface area contributed by atoms with Crippen molar-refractivity contribution in [3.05, 3.63) is 29.8 Å². The number of methoxy groups -OCH3 is 1. The van der Waals surface area contributed by atoms with E-state index in [1.54, 1.807) is 7.11 Å². The molecule has 3 rings (SSSR count). The molecule has 1 saturated carbocycles. The molecule has 0 bridgehead atoms. The standard InChI is InChI=1S/C14H18N2O2/c1-9-6-12(9)16-13(17)8-15-14(16)10-4-3-5-11(7-10)18-2/h3-5,7,9,12,14-15H,6,8H2,1-2H3. The Morgan fingerprint density at radius 1 is 1.44 bits per heavy atom. The number of carbonyl (C=O) groups excluding carboxylic acids is 1. The molecule has 0 aromatic heterocycles. The largest absolute Gasteiger partial charge is 0.497 e. The lowest BCUT2D eigenvalue weighted by atomic mass is 10.1. The van der Waals surface area contributed by atoms with Crippen LogP contribution >= 0.6 is 0 Å². The number of rotatable bonds is 3. The van der Waals surface area contributed by atoms with Gasteiger partial charge in [0.25, 0.3) is 0 Å². The Bertz CT molecular complexity index is 475. The minimum Gasteiger partial charge on any atom is -0.497 e. The SMILES string of the molecule is COc1cccc(C2NCC(=O)N2C2CC2C)c1. The van der Waals surface area contributed by atoms with Crippen LogP contribution < -0.4 is 10.1 Å². The second-order valence-corrected chi connectivity index (χ2v) is 5.14. The number of nitrogens with one attached hydrogen (secondary N) is 1. The number of amides is 1. The molecule has 1 amide bonds. The summed E-state index contributed by atoms with van der Waals surface area (Å²) in [5, 5.41) is 3.29. The first-order valence-corrected chi connectivity index (χ1v) is 6.39. The lowest BCUT2D eigenvalue weighted by Crippen LogP contribution is -2.33. The highest BCUT2D eigenvalue weighted by Crippen LogP contribution is 2.41. The van der Waals surface area contributed by atoms with Gasteiger partial charge in [0.15, 0.2) is 0 Å². The monoisotopic (exact) mass is 246 g/mol. The highest BCUT2D eigenvalue weighted by atomic mass is 16.5. The first kappa shape index (κ1) is 11.5. The zero-order valence-electron chi connectivity index (χ0n) is 10.7. The summed E-state index contributed by atoms with van der Waals surface area (Å²) >= 11 is 0. The minimum absolute atomic E-state index is 0.00236. The van der Waals surface area contributed by atoms with Crippen LogP contribution in [0, 0.1) is 5.92 Å². The summed E-state index contributed by atoms with van der Waals surface area (Å²) in [6, 6.07) is 8.33. The Kier molecular flexibility index (Phi) is 2.74. The summed E-state index contributed by atoms with van der Waals surface area (Å²) in [5.74, 6) is 1.66. The fourth-order valence-electron chi connectivity index (χ4n) is 2.67. The van der Waals surface area contributed by atoms with Crippen LogP contribution in [0.3, 0.4) is 0 Å². The molecule has 1 heterocycles. The molecule has 4 heteroatoms. The van der Waals surface area contributed by atoms with Crippen molar-refractivity contribution in [2.45, 2.75) is 25.6 Å². The lowest BCUT2D eigenvalue weighted by molar-refractivity contribution is -0.128. The number of nitrogens with zero attached hydrogens (tertiary/aromatic N) is 1. The van der Waals surface area contributed by atoms with Crippen LogP contribution in [0.15, 0.2) is 24.3 Å². The number of benzene rings is 1. The Hall–Kier alpha value is -1.55. The number of hydrogen-bond donors (Lipinski definition) is 1. The smallest absolute Gasteiger partial charge is 0.238 e. The van der Waals surface area contributed by atoms with Crippen LogP contribution in [0.5, 0.6) is 5.75 Å². The Balaban J connectivity index is 1.87. The first-order valence-electron chi connectivity index (χ1n) is 6.39. The van der Waals surface area contributed by atoms with E-state index in [0.717, 1.165) is 17.7 Å². The molecule has 1 aromatic rings. The second-order valence-electron chi connectivity index (χ2n) is 5.14. The number of carbonyl (C=O) groups is 1. The molecule has 2 aliphatic rings. The summed E-state index contributed by atoms with van der Waals surface area (Å²) in [6.07, 6.45) is 1.12. The van der Waals surface area contributed by atoms with E-state index in [4.69, 9.17) is 4.74 Å². The third-order valence-corrected chi connectivity index (χ3v) is 3.85. The van der Waals surface area contributed by atoms with Gasteiger partial charge < -0.3 is 9.64 Å². The van der Waals surface area contributed by atoms with Crippen LogP contribution in [-0.4, -0.2) is 30.5 Å². The second kappa shape index (κ2) is 4.28. The summed E-state index contributed by atoms with van der Waals surface area (Å²) in [5.41, 5.74) is 1.10. The van der Waals surface area contributed by atoms with Gasteiger partial charge in [0, 0.05) is 6.04 Å². The molecule has 18 heavy (non-hydrogen) atoms. The summed E-state index contributed by atoms with van der Waals surface area (Å²) in [4.78, 5) is 14.0. The lowest BCUT2D eigenvalue weighted by Gasteiger charge is -2.25. The van der Waals surface area contributed by atoms with Crippen molar-refractivity contribution >= 4 is 5.91 Å². The quantitative estimate of drug-likeness (QED) is 0.879. The molecule has 4 nitrogen and oxygen atoms in total. The maximum absolute atomic E-state index is 12.0. The van der Waals surface area contributed by atoms with E-state index in [1.165, 1.54) is 0 Å². The van der Waals surface area contributed by atoms with Crippen LogP contribution in [0.25, 0.3) is 0 Å². The van der Waals surface area contributed by atoms with Crippen LogP contribution in [0.2, 0.25) is 0 Å². The highest BCUT2D eigenvalue weighted by molar-refractivity contribution is 5.81. The van der Waals surface area contributed by atoms with E-state index < -0.39 is 0 Å². The van der Waals surface area contributed by atoms with Gasteiger partial charge in [-0.1, -0.05) is 19.1 Å². The third-order valence-electron chi connectivity index (χ3n) is 3.85. The molecule has 0 spiro atoms. The van der Waals surface area contributed by atoms with Crippen molar-refractivity contribution < 1.29 is 9.53 Å². The van der Waals surface area contributed by atoms with Crippen LogP contribution in [-0.2, 0) is 4.79 Å². The van der Waals surface area contributed by atoms with Crippen LogP contribution in [0.1, 0.15) is 25.1 Å². The minimum atomic E-state index is 0.00236. The van der Waals surface area contributed by atoms with Gasteiger partial charge in [0.2, 0.25) is 5.91 Å². The topological polar surface area (TPSA) is 41.6 Å². The maximum atomic E-state index is 12.0. The van der Waals surface area contributed by atoms with Crippen molar-refractivity contribution in [1.82, 2.24) is 10.2 Å². The van der Waals surface area contributed by atoms with Crippen molar-refractivity contribution in [2.24, 2.45) is 5.92 Å². The van der Waals surface area contributed by atoms with Crippen molar-refractivity contribution in [3.8, 4) is 5.75 Å². The molecular formula is C14H18N2O2. The summed E-state index contributed by atoms with van der Waals surface area (Å²) in [6.45, 7) is 2.63. The molecule has 1 N–H and O–H groups in total. The van der Waals surface area contributed by atoms with Crippen molar-refractivity contribution in [1.29, 1.82) is 0 Å². The van der Waals surface area contributed by atoms with Gasteiger partial charge >= 0.3 is 0 Å². The Morgan fingerprint density at radius 2 is 2.22 bits per heavy atom. The molecule has 96 valence electrons. The van der Waals surface area contributed by atoms with E-state index in [1.807, 2.05) is 29.2 Å². The molecular weight excluding hydrogens is 228 g/mol. The van der Waals surface area contributed by atoms with Crippen molar-refractivity contribution in [2.75, 3.05) is 13.7 Å². The molecule has 0 radical (unpaired) electrons. The zero-order valence-corrected chi connectivity index (χ0v) is 10.7. The van der Waals surface area contributed by atoms with E-state index in [-0.39, 0.29) is 12.1 Å². The molecule has 1 saturated heterocycles. The van der Waals surface area contributed by atoms with Gasteiger partial charge in [-0.2, -0.15) is 0 Å². The predicted molar refractivity (Wildman–Crippen MR) is 68.2 cm³/mol. The fraction of sp³-hybridized carbons (Fsp3) is 0.500. The van der Waals surface area contributed by atoms with Gasteiger partial charge in [-0.25, -0.2) is 0 Å². The number of ether oxygens (including phenoxy) is 1. The Labute approximate surface area is 107 Å². The van der Waals surface area contributed by atoms with Crippen molar-refractivity contribution in [3.63, 3.8) is 0 Å². The average Bonchev–Trinajstić information content (AvgIpc) is 2.97. The predicted octanol–water partition coefficient (Wildman–Crippen LogP) is 1.53. The Morgan fingerprint density at radius 3 is 2.89 bits per heavy atom. The zero-order chi connectivity index (χ0) is 12.7. The molecule has 2 fully saturated rings. The molecule has 1 aliphatic heterocycles. The molecule has 3 unspecified atom stereocenters.